The first-order chi connectivity index (χ1) is 8.52. The molecule has 1 aliphatic rings. The first kappa shape index (κ1) is 13.2. The second-order valence-corrected chi connectivity index (χ2v) is 5.39. The normalized spacial score (nSPS) is 16.2. The van der Waals surface area contributed by atoms with Crippen molar-refractivity contribution >= 4 is 21.9 Å². The van der Waals surface area contributed by atoms with Gasteiger partial charge < -0.3 is 14.6 Å². The Bertz CT molecular complexity index is 480. The van der Waals surface area contributed by atoms with Crippen molar-refractivity contribution in [1.82, 2.24) is 0 Å². The minimum absolute atomic E-state index is 0.141. The second kappa shape index (κ2) is 4.80. The lowest BCUT2D eigenvalue weighted by molar-refractivity contribution is -0.137. The molecule has 1 aromatic carbocycles. The average molecular weight is 315 g/mol. The maximum Gasteiger partial charge on any atom is 0.304 e. The number of aliphatic carboxylic acids is 1. The molecule has 1 N–H and O–H groups in total. The van der Waals surface area contributed by atoms with Gasteiger partial charge in [-0.05, 0) is 34.8 Å². The van der Waals surface area contributed by atoms with Crippen molar-refractivity contribution in [3.8, 4) is 11.5 Å². The van der Waals surface area contributed by atoms with Crippen molar-refractivity contribution in [3.63, 3.8) is 0 Å². The summed E-state index contributed by atoms with van der Waals surface area (Å²) in [6, 6.07) is 3.70. The highest BCUT2D eigenvalue weighted by Gasteiger charge is 2.48. The van der Waals surface area contributed by atoms with Crippen molar-refractivity contribution < 1.29 is 19.4 Å². The summed E-state index contributed by atoms with van der Waals surface area (Å²) in [5.41, 5.74) is 0.673. The molecule has 1 saturated carbocycles. The summed E-state index contributed by atoms with van der Waals surface area (Å²) in [7, 11) is 3.17. The third-order valence-electron chi connectivity index (χ3n) is 3.39. The molecular formula is C13H15BrO4. The fourth-order valence-corrected chi connectivity index (χ4v) is 2.76. The van der Waals surface area contributed by atoms with E-state index in [2.05, 4.69) is 15.9 Å². The fraction of sp³-hybridized carbons (Fsp3) is 0.462. The molecule has 18 heavy (non-hydrogen) atoms. The molecule has 0 atom stereocenters. The molecule has 0 bridgehead atoms. The van der Waals surface area contributed by atoms with Crippen LogP contribution < -0.4 is 9.47 Å². The van der Waals surface area contributed by atoms with Gasteiger partial charge in [0, 0.05) is 17.0 Å². The predicted octanol–water partition coefficient (Wildman–Crippen LogP) is 2.97. The summed E-state index contributed by atoms with van der Waals surface area (Å²) in [6.07, 6.45) is 1.91. The molecule has 1 aromatic rings. The smallest absolute Gasteiger partial charge is 0.304 e. The van der Waals surface area contributed by atoms with E-state index in [4.69, 9.17) is 14.6 Å². The van der Waals surface area contributed by atoms with E-state index in [1.165, 1.54) is 0 Å². The molecule has 1 aliphatic carbocycles. The number of methoxy groups -OCH3 is 2. The molecule has 2 rings (SSSR count). The molecule has 0 aliphatic heterocycles. The zero-order valence-corrected chi connectivity index (χ0v) is 11.9. The number of carboxylic acids is 1. The highest BCUT2D eigenvalue weighted by atomic mass is 79.9. The molecule has 0 radical (unpaired) electrons. The van der Waals surface area contributed by atoms with Crippen molar-refractivity contribution in [3.05, 3.63) is 22.2 Å². The van der Waals surface area contributed by atoms with E-state index in [0.29, 0.717) is 11.5 Å². The third-order valence-corrected chi connectivity index (χ3v) is 4.01. The van der Waals surface area contributed by atoms with Gasteiger partial charge in [-0.25, -0.2) is 0 Å². The molecule has 98 valence electrons. The quantitative estimate of drug-likeness (QED) is 0.907. The van der Waals surface area contributed by atoms with Crippen LogP contribution in [0.5, 0.6) is 11.5 Å². The predicted molar refractivity (Wildman–Crippen MR) is 70.4 cm³/mol. The van der Waals surface area contributed by atoms with Gasteiger partial charge in [0.05, 0.1) is 25.1 Å². The zero-order chi connectivity index (χ0) is 13.3. The monoisotopic (exact) mass is 314 g/mol. The summed E-state index contributed by atoms with van der Waals surface area (Å²) in [4.78, 5) is 11.0. The van der Waals surface area contributed by atoms with Crippen molar-refractivity contribution in [2.75, 3.05) is 14.2 Å². The van der Waals surface area contributed by atoms with Crippen molar-refractivity contribution in [2.45, 2.75) is 24.7 Å². The summed E-state index contributed by atoms with van der Waals surface area (Å²) in [5, 5.41) is 9.01. The van der Waals surface area contributed by atoms with Gasteiger partial charge in [-0.2, -0.15) is 0 Å². The van der Waals surface area contributed by atoms with Crippen LogP contribution in [-0.4, -0.2) is 25.3 Å². The molecule has 0 saturated heterocycles. The van der Waals surface area contributed by atoms with Crippen LogP contribution in [-0.2, 0) is 10.2 Å². The minimum atomic E-state index is -0.776. The van der Waals surface area contributed by atoms with Gasteiger partial charge in [-0.15, -0.1) is 0 Å². The van der Waals surface area contributed by atoms with Crippen LogP contribution in [0.15, 0.2) is 16.6 Å². The van der Waals surface area contributed by atoms with Gasteiger partial charge in [-0.3, -0.25) is 4.79 Å². The summed E-state index contributed by atoms with van der Waals surface area (Å²) in [5.74, 6) is 0.594. The van der Waals surface area contributed by atoms with Crippen LogP contribution in [0.25, 0.3) is 0 Å². The standard InChI is InChI=1S/C13H15BrO4/c1-17-10-6-11(18-2)9(14)5-8(10)13(3-4-13)7-12(15)16/h5-6H,3-4,7H2,1-2H3,(H,15,16). The molecule has 0 spiro atoms. The van der Waals surface area contributed by atoms with Crippen LogP contribution in [0.4, 0.5) is 0 Å². The van der Waals surface area contributed by atoms with Gasteiger partial charge in [0.2, 0.25) is 0 Å². The molecule has 1 fully saturated rings. The summed E-state index contributed by atoms with van der Waals surface area (Å²) >= 11 is 3.43. The number of hydrogen-bond acceptors (Lipinski definition) is 3. The number of rotatable bonds is 5. The van der Waals surface area contributed by atoms with Crippen LogP contribution in [0.1, 0.15) is 24.8 Å². The van der Waals surface area contributed by atoms with E-state index in [1.54, 1.807) is 20.3 Å². The van der Waals surface area contributed by atoms with Crippen molar-refractivity contribution in [2.24, 2.45) is 0 Å². The number of ether oxygens (including phenoxy) is 2. The van der Waals surface area contributed by atoms with Gasteiger partial charge in [0.25, 0.3) is 0 Å². The van der Waals surface area contributed by atoms with Gasteiger partial charge >= 0.3 is 5.97 Å². The molecule has 0 heterocycles. The minimum Gasteiger partial charge on any atom is -0.496 e. The number of halogens is 1. The molecule has 4 nitrogen and oxygen atoms in total. The summed E-state index contributed by atoms with van der Waals surface area (Å²) in [6.45, 7) is 0. The average Bonchev–Trinajstić information content (AvgIpc) is 3.08. The van der Waals surface area contributed by atoms with Gasteiger partial charge in [0.15, 0.2) is 0 Å². The number of carbonyl (C=O) groups is 1. The maximum atomic E-state index is 11.0. The molecule has 0 unspecified atom stereocenters. The number of benzene rings is 1. The van der Waals surface area contributed by atoms with E-state index >= 15 is 0 Å². The van der Waals surface area contributed by atoms with Crippen LogP contribution in [0.2, 0.25) is 0 Å². The lowest BCUT2D eigenvalue weighted by atomic mass is 9.91. The topological polar surface area (TPSA) is 55.8 Å². The van der Waals surface area contributed by atoms with E-state index in [1.807, 2.05) is 6.07 Å². The second-order valence-electron chi connectivity index (χ2n) is 4.54. The molecule has 0 amide bonds. The van der Waals surface area contributed by atoms with Crippen LogP contribution in [0, 0.1) is 0 Å². The SMILES string of the molecule is COc1cc(OC)c(C2(CC(=O)O)CC2)cc1Br. The van der Waals surface area contributed by atoms with Crippen molar-refractivity contribution in [1.29, 1.82) is 0 Å². The Balaban J connectivity index is 2.44. The molecule has 0 aromatic heterocycles. The van der Waals surface area contributed by atoms with E-state index in [-0.39, 0.29) is 11.8 Å². The van der Waals surface area contributed by atoms with Crippen LogP contribution in [0.3, 0.4) is 0 Å². The van der Waals surface area contributed by atoms with Crippen LogP contribution >= 0.6 is 15.9 Å². The zero-order valence-electron chi connectivity index (χ0n) is 10.3. The maximum absolute atomic E-state index is 11.0. The lowest BCUT2D eigenvalue weighted by Crippen LogP contribution is -2.14. The first-order valence-corrected chi connectivity index (χ1v) is 6.45. The fourth-order valence-electron chi connectivity index (χ4n) is 2.26. The molecular weight excluding hydrogens is 300 g/mol. The lowest BCUT2D eigenvalue weighted by Gasteiger charge is -2.18. The van der Waals surface area contributed by atoms with Gasteiger partial charge in [0.1, 0.15) is 11.5 Å². The Morgan fingerprint density at radius 2 is 1.94 bits per heavy atom. The highest BCUT2D eigenvalue weighted by molar-refractivity contribution is 9.10. The largest absolute Gasteiger partial charge is 0.496 e. The highest BCUT2D eigenvalue weighted by Crippen LogP contribution is 2.55. The van der Waals surface area contributed by atoms with Gasteiger partial charge in [-0.1, -0.05) is 0 Å². The third kappa shape index (κ3) is 2.32. The van der Waals surface area contributed by atoms with E-state index in [0.717, 1.165) is 22.9 Å². The Morgan fingerprint density at radius 1 is 1.33 bits per heavy atom. The Labute approximate surface area is 114 Å². The van der Waals surface area contributed by atoms with E-state index in [9.17, 15) is 4.79 Å². The van der Waals surface area contributed by atoms with E-state index < -0.39 is 5.97 Å². The molecule has 5 heteroatoms. The Hall–Kier alpha value is -1.23. The summed E-state index contributed by atoms with van der Waals surface area (Å²) < 4.78 is 11.4. The Kier molecular flexibility index (Phi) is 3.52. The number of carboxylic acid groups (broad SMARTS) is 1. The Morgan fingerprint density at radius 3 is 2.39 bits per heavy atom. The number of hydrogen-bond donors (Lipinski definition) is 1. The first-order valence-electron chi connectivity index (χ1n) is 5.66.